The minimum atomic E-state index is -1.17. The Balaban J connectivity index is 1.43. The van der Waals surface area contributed by atoms with Crippen LogP contribution in [-0.4, -0.2) is 36.9 Å². The molecule has 0 amide bonds. The number of aliphatic hydroxyl groups excluding tert-OH is 3. The lowest BCUT2D eigenvalue weighted by Gasteiger charge is -2.08. The summed E-state index contributed by atoms with van der Waals surface area (Å²) in [6.07, 6.45) is -0.292. The zero-order valence-corrected chi connectivity index (χ0v) is 20.3. The van der Waals surface area contributed by atoms with Crippen LogP contribution in [-0.2, 0) is 6.54 Å². The molecule has 34 heavy (non-hydrogen) atoms. The van der Waals surface area contributed by atoms with Crippen molar-refractivity contribution in [1.29, 1.82) is 0 Å². The molecular weight excluding hydrogens is 501 g/mol. The van der Waals surface area contributed by atoms with Crippen LogP contribution >= 0.6 is 34.3 Å². The van der Waals surface area contributed by atoms with Gasteiger partial charge in [0.2, 0.25) is 0 Å². The van der Waals surface area contributed by atoms with Crippen LogP contribution in [0.5, 0.6) is 0 Å². The first-order valence-electron chi connectivity index (χ1n) is 10.2. The Morgan fingerprint density at radius 1 is 1.18 bits per heavy atom. The molecular formula is C22H21ClFN5O3S2. The molecule has 3 heterocycles. The molecule has 0 aliphatic heterocycles. The maximum atomic E-state index is 13.9. The second-order valence-electron chi connectivity index (χ2n) is 7.33. The highest BCUT2D eigenvalue weighted by Gasteiger charge is 2.23. The Bertz CT molecular complexity index is 1270. The average molecular weight is 522 g/mol. The van der Waals surface area contributed by atoms with Crippen LogP contribution < -0.4 is 10.6 Å². The Morgan fingerprint density at radius 2 is 2.00 bits per heavy atom. The summed E-state index contributed by atoms with van der Waals surface area (Å²) >= 11 is 8.34. The molecule has 12 heteroatoms. The average Bonchev–Trinajstić information content (AvgIpc) is 3.46. The summed E-state index contributed by atoms with van der Waals surface area (Å²) in [5, 5.41) is 38.6. The van der Waals surface area contributed by atoms with Gasteiger partial charge in [-0.05, 0) is 36.8 Å². The van der Waals surface area contributed by atoms with Crippen LogP contribution in [0, 0.1) is 5.82 Å². The van der Waals surface area contributed by atoms with E-state index >= 15 is 0 Å². The Labute approximate surface area is 207 Å². The zero-order valence-electron chi connectivity index (χ0n) is 17.9. The maximum Gasteiger partial charge on any atom is 0.188 e. The summed E-state index contributed by atoms with van der Waals surface area (Å²) in [7, 11) is 0. The number of aromatic nitrogens is 3. The van der Waals surface area contributed by atoms with E-state index in [0.29, 0.717) is 43.8 Å². The molecule has 5 N–H and O–H groups in total. The zero-order chi connectivity index (χ0) is 24.2. The molecule has 0 aliphatic carbocycles. The van der Waals surface area contributed by atoms with Gasteiger partial charge in [-0.3, -0.25) is 0 Å². The number of hydrogen-bond acceptors (Lipinski definition) is 10. The van der Waals surface area contributed by atoms with Crippen LogP contribution in [0.2, 0.25) is 5.02 Å². The van der Waals surface area contributed by atoms with Crippen LogP contribution in [0.3, 0.4) is 0 Å². The van der Waals surface area contributed by atoms with Crippen molar-refractivity contribution in [3.8, 4) is 10.6 Å². The molecule has 1 aromatic carbocycles. The Morgan fingerprint density at radius 3 is 2.68 bits per heavy atom. The predicted molar refractivity (Wildman–Crippen MR) is 132 cm³/mol. The van der Waals surface area contributed by atoms with E-state index in [1.165, 1.54) is 28.7 Å². The summed E-state index contributed by atoms with van der Waals surface area (Å²) in [6, 6.07) is 8.10. The van der Waals surface area contributed by atoms with Crippen LogP contribution in [0.1, 0.15) is 35.4 Å². The van der Waals surface area contributed by atoms with E-state index in [1.807, 2.05) is 6.07 Å². The number of rotatable bonds is 9. The molecule has 4 rings (SSSR count). The molecule has 2 atom stereocenters. The second-order valence-corrected chi connectivity index (χ2v) is 9.66. The molecule has 0 fully saturated rings. The number of aliphatic hydroxyl groups is 3. The number of pyridine rings is 1. The third-order valence-corrected chi connectivity index (χ3v) is 6.98. The molecule has 0 saturated carbocycles. The third kappa shape index (κ3) is 5.69. The smallest absolute Gasteiger partial charge is 0.188 e. The number of thiazole rings is 2. The number of nitrogens with one attached hydrogen (secondary N) is 2. The van der Waals surface area contributed by atoms with E-state index in [1.54, 1.807) is 36.7 Å². The molecule has 3 aromatic heterocycles. The van der Waals surface area contributed by atoms with Crippen molar-refractivity contribution in [1.82, 2.24) is 15.0 Å². The monoisotopic (exact) mass is 521 g/mol. The third-order valence-electron chi connectivity index (χ3n) is 4.73. The van der Waals surface area contributed by atoms with Gasteiger partial charge in [-0.15, -0.1) is 22.7 Å². The van der Waals surface area contributed by atoms with Crippen LogP contribution in [0.25, 0.3) is 10.6 Å². The minimum Gasteiger partial charge on any atom is -0.393 e. The van der Waals surface area contributed by atoms with Gasteiger partial charge in [-0.25, -0.2) is 19.3 Å². The van der Waals surface area contributed by atoms with Gasteiger partial charge in [0.1, 0.15) is 28.9 Å². The first kappa shape index (κ1) is 24.5. The van der Waals surface area contributed by atoms with Crippen molar-refractivity contribution < 1.29 is 19.7 Å². The normalized spacial score (nSPS) is 13.0. The number of anilines is 3. The fourth-order valence-corrected chi connectivity index (χ4v) is 4.96. The standard InChI is InChI=1S/C22H21ClFN5O3S2/c1-11(31)21-29-19(17(32)9-30)20(34-21)16-10-33-22(27-16)28-18-5-2-12(8-26-18)7-25-15-4-3-13(23)6-14(15)24/h2-6,8,10-11,17,25,30-32H,7,9H2,1H3,(H,26,27,28). The predicted octanol–water partition coefficient (Wildman–Crippen LogP) is 4.89. The topological polar surface area (TPSA) is 123 Å². The quantitative estimate of drug-likeness (QED) is 0.211. The fraction of sp³-hybridized carbons (Fsp3) is 0.227. The molecule has 178 valence electrons. The summed E-state index contributed by atoms with van der Waals surface area (Å²) in [5.41, 5.74) is 2.07. The van der Waals surface area contributed by atoms with Crippen molar-refractivity contribution in [3.05, 3.63) is 69.0 Å². The van der Waals surface area contributed by atoms with Gasteiger partial charge in [-0.1, -0.05) is 17.7 Å². The van der Waals surface area contributed by atoms with E-state index in [9.17, 15) is 19.7 Å². The lowest BCUT2D eigenvalue weighted by atomic mass is 10.2. The summed E-state index contributed by atoms with van der Waals surface area (Å²) in [5.74, 6) is 0.154. The van der Waals surface area contributed by atoms with Gasteiger partial charge in [-0.2, -0.15) is 0 Å². The van der Waals surface area contributed by atoms with Crippen molar-refractivity contribution in [2.75, 3.05) is 17.2 Å². The van der Waals surface area contributed by atoms with Gasteiger partial charge in [0.25, 0.3) is 0 Å². The van der Waals surface area contributed by atoms with E-state index in [2.05, 4.69) is 25.6 Å². The van der Waals surface area contributed by atoms with Crippen LogP contribution in [0.15, 0.2) is 41.9 Å². The number of halogens is 2. The summed E-state index contributed by atoms with van der Waals surface area (Å²) in [4.78, 5) is 13.8. The lowest BCUT2D eigenvalue weighted by molar-refractivity contribution is 0.0925. The SMILES string of the molecule is CC(O)c1nc(C(O)CO)c(-c2csc(Nc3ccc(CNc4ccc(Cl)cc4F)cn3)n2)s1. The minimum absolute atomic E-state index is 0.285. The molecule has 2 unspecified atom stereocenters. The van der Waals surface area contributed by atoms with Crippen molar-refractivity contribution >= 4 is 50.9 Å². The Hall–Kier alpha value is -2.67. The molecule has 0 bridgehead atoms. The van der Waals surface area contributed by atoms with E-state index in [4.69, 9.17) is 11.6 Å². The molecule has 4 aromatic rings. The van der Waals surface area contributed by atoms with Gasteiger partial charge < -0.3 is 26.0 Å². The number of benzene rings is 1. The number of nitrogens with zero attached hydrogens (tertiary/aromatic N) is 3. The lowest BCUT2D eigenvalue weighted by Crippen LogP contribution is -2.05. The molecule has 8 nitrogen and oxygen atoms in total. The highest BCUT2D eigenvalue weighted by molar-refractivity contribution is 7.17. The highest BCUT2D eigenvalue weighted by Crippen LogP contribution is 2.37. The van der Waals surface area contributed by atoms with Gasteiger partial charge in [0, 0.05) is 23.1 Å². The van der Waals surface area contributed by atoms with Crippen LogP contribution in [0.4, 0.5) is 21.0 Å². The van der Waals surface area contributed by atoms with Gasteiger partial charge in [0.05, 0.1) is 28.6 Å². The molecule has 0 aliphatic rings. The second kappa shape index (κ2) is 10.7. The molecule has 0 radical (unpaired) electrons. The summed E-state index contributed by atoms with van der Waals surface area (Å²) in [6.45, 7) is 1.49. The maximum absolute atomic E-state index is 13.9. The van der Waals surface area contributed by atoms with Gasteiger partial charge >= 0.3 is 0 Å². The van der Waals surface area contributed by atoms with E-state index in [0.717, 1.165) is 5.56 Å². The fourth-order valence-electron chi connectivity index (χ4n) is 3.00. The van der Waals surface area contributed by atoms with E-state index in [-0.39, 0.29) is 5.69 Å². The summed E-state index contributed by atoms with van der Waals surface area (Å²) < 4.78 is 13.9. The first-order valence-corrected chi connectivity index (χ1v) is 12.3. The largest absolute Gasteiger partial charge is 0.393 e. The van der Waals surface area contributed by atoms with Crippen molar-refractivity contribution in [2.24, 2.45) is 0 Å². The molecule has 0 saturated heterocycles. The van der Waals surface area contributed by atoms with Crippen molar-refractivity contribution in [2.45, 2.75) is 25.7 Å². The molecule has 0 spiro atoms. The highest BCUT2D eigenvalue weighted by atomic mass is 35.5. The van der Waals surface area contributed by atoms with Gasteiger partial charge in [0.15, 0.2) is 5.13 Å². The van der Waals surface area contributed by atoms with Crippen molar-refractivity contribution in [3.63, 3.8) is 0 Å². The number of hydrogen-bond donors (Lipinski definition) is 5. The van der Waals surface area contributed by atoms with E-state index < -0.39 is 24.6 Å². The Kier molecular flexibility index (Phi) is 7.71. The first-order chi connectivity index (χ1) is 16.3.